The highest BCUT2D eigenvalue weighted by Gasteiger charge is 2.48. The van der Waals surface area contributed by atoms with Crippen molar-refractivity contribution in [2.75, 3.05) is 14.2 Å². The first-order valence-corrected chi connectivity index (χ1v) is 2.73. The van der Waals surface area contributed by atoms with Gasteiger partial charge < -0.3 is 4.74 Å². The van der Waals surface area contributed by atoms with Crippen molar-refractivity contribution < 1.29 is 22.7 Å². The maximum Gasteiger partial charge on any atom is 0.365 e. The fraction of sp³-hybridized carbons (Fsp3) is 0.800. The molecule has 1 atom stereocenters. The number of rotatable bonds is 3. The van der Waals surface area contributed by atoms with E-state index >= 15 is 0 Å². The molecule has 0 saturated heterocycles. The zero-order valence-corrected chi connectivity index (χ0v) is 6.03. The summed E-state index contributed by atoms with van der Waals surface area (Å²) in [5.41, 5.74) is 0. The summed E-state index contributed by atoms with van der Waals surface area (Å²) < 4.78 is 40.1. The van der Waals surface area contributed by atoms with Crippen LogP contribution >= 0.6 is 0 Å². The van der Waals surface area contributed by atoms with Crippen molar-refractivity contribution in [3.8, 4) is 0 Å². The summed E-state index contributed by atoms with van der Waals surface area (Å²) in [6.07, 6.45) is -3.44. The lowest BCUT2D eigenvalue weighted by molar-refractivity contribution is -0.170. The van der Waals surface area contributed by atoms with Gasteiger partial charge in [0.05, 0.1) is 7.11 Å². The van der Waals surface area contributed by atoms with E-state index < -0.39 is 18.2 Å². The first-order valence-electron chi connectivity index (χ1n) is 2.73. The molecule has 0 heterocycles. The quantitative estimate of drug-likeness (QED) is 0.490. The van der Waals surface area contributed by atoms with Crippen LogP contribution in [-0.4, -0.2) is 32.3 Å². The van der Waals surface area contributed by atoms with E-state index in [1.807, 2.05) is 0 Å². The molecule has 0 saturated carbocycles. The number of methoxy groups -OCH3 is 1. The number of esters is 1. The van der Waals surface area contributed by atoms with Gasteiger partial charge in [-0.3, -0.25) is 5.32 Å². The summed E-state index contributed by atoms with van der Waals surface area (Å²) in [5, 5.41) is 1.54. The Bertz CT molecular complexity index is 153. The molecule has 3 nitrogen and oxygen atoms in total. The highest BCUT2D eigenvalue weighted by atomic mass is 19.3. The van der Waals surface area contributed by atoms with Crippen molar-refractivity contribution in [3.63, 3.8) is 0 Å². The van der Waals surface area contributed by atoms with Crippen molar-refractivity contribution >= 4 is 5.97 Å². The number of carbonyl (C=O) groups excluding carboxylic acids is 1. The fourth-order valence-electron chi connectivity index (χ4n) is 0.449. The molecule has 0 radical (unpaired) electrons. The third-order valence-electron chi connectivity index (χ3n) is 1.15. The average Bonchev–Trinajstić information content (AvgIpc) is 2.01. The van der Waals surface area contributed by atoms with Gasteiger partial charge >= 0.3 is 11.8 Å². The minimum atomic E-state index is -3.44. The van der Waals surface area contributed by atoms with Crippen LogP contribution in [0.25, 0.3) is 0 Å². The molecule has 0 rings (SSSR count). The molecule has 11 heavy (non-hydrogen) atoms. The van der Waals surface area contributed by atoms with E-state index in [0.717, 1.165) is 14.2 Å². The molecule has 0 aliphatic carbocycles. The second-order valence-corrected chi connectivity index (χ2v) is 1.75. The van der Waals surface area contributed by atoms with Crippen LogP contribution in [-0.2, 0) is 9.53 Å². The molecule has 0 spiro atoms. The summed E-state index contributed by atoms with van der Waals surface area (Å²) in [6.45, 7) is 0. The number of likely N-dealkylation sites (N-methyl/N-ethyl adjacent to an activating group) is 1. The van der Waals surface area contributed by atoms with Gasteiger partial charge in [0, 0.05) is 0 Å². The van der Waals surface area contributed by atoms with Crippen molar-refractivity contribution in [1.29, 1.82) is 0 Å². The second-order valence-electron chi connectivity index (χ2n) is 1.75. The highest BCUT2D eigenvalue weighted by molar-refractivity contribution is 5.79. The van der Waals surface area contributed by atoms with Gasteiger partial charge in [-0.1, -0.05) is 0 Å². The zero-order chi connectivity index (χ0) is 9.07. The number of hydrogen-bond donors (Lipinski definition) is 1. The van der Waals surface area contributed by atoms with Crippen LogP contribution in [0.3, 0.4) is 0 Å². The lowest BCUT2D eigenvalue weighted by Crippen LogP contribution is -2.52. The highest BCUT2D eigenvalue weighted by Crippen LogP contribution is 2.18. The minimum absolute atomic E-state index is 0.830. The molecular weight excluding hydrogens is 163 g/mol. The Morgan fingerprint density at radius 2 is 2.09 bits per heavy atom. The van der Waals surface area contributed by atoms with Gasteiger partial charge in [0.15, 0.2) is 0 Å². The maximum atomic E-state index is 12.7. The van der Waals surface area contributed by atoms with Crippen LogP contribution in [0.2, 0.25) is 0 Å². The molecule has 1 unspecified atom stereocenters. The molecule has 0 fully saturated rings. The second kappa shape index (κ2) is 3.56. The Labute approximate surface area is 61.5 Å². The van der Waals surface area contributed by atoms with E-state index in [4.69, 9.17) is 0 Å². The molecule has 0 bridgehead atoms. The van der Waals surface area contributed by atoms with E-state index in [9.17, 15) is 18.0 Å². The largest absolute Gasteiger partial charge is 0.465 e. The lowest BCUT2D eigenvalue weighted by Gasteiger charge is -2.19. The van der Waals surface area contributed by atoms with Crippen LogP contribution in [0.4, 0.5) is 13.2 Å². The van der Waals surface area contributed by atoms with Crippen LogP contribution in [0.1, 0.15) is 0 Å². The summed E-state index contributed by atoms with van der Waals surface area (Å²) in [6, 6.07) is 0. The summed E-state index contributed by atoms with van der Waals surface area (Å²) in [5.74, 6) is -5.02. The molecule has 0 aromatic rings. The molecular formula is C5H8F3NO2. The molecule has 6 heteroatoms. The number of halogens is 3. The van der Waals surface area contributed by atoms with Gasteiger partial charge in [-0.05, 0) is 7.05 Å². The van der Waals surface area contributed by atoms with Gasteiger partial charge in [-0.25, -0.2) is 18.0 Å². The van der Waals surface area contributed by atoms with Crippen LogP contribution < -0.4 is 5.32 Å². The van der Waals surface area contributed by atoms with Gasteiger partial charge in [-0.2, -0.15) is 0 Å². The first-order chi connectivity index (χ1) is 4.99. The van der Waals surface area contributed by atoms with E-state index in [0.29, 0.717) is 0 Å². The molecule has 0 aliphatic rings. The number of carbonyl (C=O) groups is 1. The van der Waals surface area contributed by atoms with Crippen molar-refractivity contribution in [1.82, 2.24) is 5.32 Å². The molecule has 0 aliphatic heterocycles. The molecule has 0 aromatic heterocycles. The van der Waals surface area contributed by atoms with Gasteiger partial charge in [0.1, 0.15) is 0 Å². The normalized spacial score (nSPS) is 16.2. The Morgan fingerprint density at radius 1 is 1.64 bits per heavy atom. The van der Waals surface area contributed by atoms with Gasteiger partial charge in [0.2, 0.25) is 0 Å². The molecule has 66 valence electrons. The topological polar surface area (TPSA) is 38.3 Å². The summed E-state index contributed by atoms with van der Waals surface area (Å²) in [4.78, 5) is 10.4. The van der Waals surface area contributed by atoms with Gasteiger partial charge in [-0.15, -0.1) is 0 Å². The van der Waals surface area contributed by atoms with Gasteiger partial charge in [0.25, 0.3) is 6.43 Å². The van der Waals surface area contributed by atoms with Crippen LogP contribution in [0.15, 0.2) is 0 Å². The lowest BCUT2D eigenvalue weighted by atomic mass is 10.3. The molecule has 1 N–H and O–H groups in total. The number of ether oxygens (including phenoxy) is 1. The SMILES string of the molecule is CNC(F)(C(=O)OC)C(F)F. The Kier molecular flexibility index (Phi) is 3.31. The van der Waals surface area contributed by atoms with E-state index in [-0.39, 0.29) is 0 Å². The van der Waals surface area contributed by atoms with E-state index in [1.165, 1.54) is 5.32 Å². The standard InChI is InChI=1S/C5H8F3NO2/c1-9-5(8,3(6)7)4(10)11-2/h3,9H,1-2H3. The third-order valence-corrected chi connectivity index (χ3v) is 1.15. The Hall–Kier alpha value is -0.780. The third kappa shape index (κ3) is 1.83. The molecule has 0 amide bonds. The predicted molar refractivity (Wildman–Crippen MR) is 30.9 cm³/mol. The monoisotopic (exact) mass is 171 g/mol. The number of alkyl halides is 3. The van der Waals surface area contributed by atoms with Crippen molar-refractivity contribution in [2.24, 2.45) is 0 Å². The summed E-state index contributed by atoms with van der Waals surface area (Å²) in [7, 11) is 1.74. The smallest absolute Gasteiger partial charge is 0.365 e. The predicted octanol–water partition coefficient (Wildman–Crippen LogP) is 0.310. The molecule has 0 aromatic carbocycles. The maximum absolute atomic E-state index is 12.7. The van der Waals surface area contributed by atoms with Crippen LogP contribution in [0, 0.1) is 0 Å². The Morgan fingerprint density at radius 3 is 2.18 bits per heavy atom. The zero-order valence-electron chi connectivity index (χ0n) is 6.03. The average molecular weight is 171 g/mol. The fourth-order valence-corrected chi connectivity index (χ4v) is 0.449. The minimum Gasteiger partial charge on any atom is -0.465 e. The van der Waals surface area contributed by atoms with Crippen molar-refractivity contribution in [2.45, 2.75) is 12.2 Å². The van der Waals surface area contributed by atoms with Crippen molar-refractivity contribution in [3.05, 3.63) is 0 Å². The number of nitrogens with one attached hydrogen (secondary N) is 1. The van der Waals surface area contributed by atoms with E-state index in [1.54, 1.807) is 0 Å². The van der Waals surface area contributed by atoms with Crippen LogP contribution in [0.5, 0.6) is 0 Å². The summed E-state index contributed by atoms with van der Waals surface area (Å²) >= 11 is 0. The number of hydrogen-bond acceptors (Lipinski definition) is 3. The first kappa shape index (κ1) is 10.2. The van der Waals surface area contributed by atoms with E-state index in [2.05, 4.69) is 4.74 Å². The Balaban J connectivity index is 4.45.